The largest absolute Gasteiger partial charge is 0.303 e. The van der Waals surface area contributed by atoms with Crippen molar-refractivity contribution in [3.63, 3.8) is 0 Å². The smallest absolute Gasteiger partial charge is 0.0104 e. The van der Waals surface area contributed by atoms with E-state index in [9.17, 15) is 0 Å². The zero-order chi connectivity index (χ0) is 14.1. The van der Waals surface area contributed by atoms with Gasteiger partial charge in [-0.05, 0) is 37.9 Å². The Hall–Kier alpha value is -1.60. The predicted molar refractivity (Wildman–Crippen MR) is 85.3 cm³/mol. The average Bonchev–Trinajstić information content (AvgIpc) is 2.44. The summed E-state index contributed by atoms with van der Waals surface area (Å²) in [7, 11) is 2.18. The van der Waals surface area contributed by atoms with Crippen molar-refractivity contribution in [1.29, 1.82) is 0 Å². The van der Waals surface area contributed by atoms with E-state index in [-0.39, 0.29) is 0 Å². The number of nitrogens with zero attached hydrogens (tertiary/aromatic N) is 1. The molecule has 0 amide bonds. The molecule has 0 aliphatic heterocycles. The Kier molecular flexibility index (Phi) is 6.91. The number of likely N-dealkylation sites (N-methyl/N-ethyl adjacent to an activating group) is 1. The molecular formula is C18H25N. The lowest BCUT2D eigenvalue weighted by atomic mass is 10.1. The van der Waals surface area contributed by atoms with E-state index in [1.165, 1.54) is 11.1 Å². The third-order valence-corrected chi connectivity index (χ3v) is 3.47. The number of hydrogen-bond acceptors (Lipinski definition) is 1. The van der Waals surface area contributed by atoms with Crippen molar-refractivity contribution in [3.05, 3.63) is 72.9 Å². The topological polar surface area (TPSA) is 3.24 Å². The Labute approximate surface area is 118 Å². The number of rotatable bonds is 8. The van der Waals surface area contributed by atoms with Gasteiger partial charge in [0.25, 0.3) is 0 Å². The fraction of sp³-hybridized carbons (Fsp3) is 0.333. The summed E-state index contributed by atoms with van der Waals surface area (Å²) >= 11 is 0. The van der Waals surface area contributed by atoms with Gasteiger partial charge in [0.15, 0.2) is 0 Å². The Morgan fingerprint density at radius 1 is 1.26 bits per heavy atom. The monoisotopic (exact) mass is 255 g/mol. The molecule has 1 heteroatoms. The molecule has 0 N–H and O–H groups in total. The fourth-order valence-corrected chi connectivity index (χ4v) is 2.04. The molecule has 1 aromatic carbocycles. The maximum Gasteiger partial charge on any atom is 0.0104 e. The second-order valence-corrected chi connectivity index (χ2v) is 4.95. The van der Waals surface area contributed by atoms with Crippen LogP contribution < -0.4 is 0 Å². The Morgan fingerprint density at radius 3 is 2.53 bits per heavy atom. The summed E-state index contributed by atoms with van der Waals surface area (Å²) in [6.07, 6.45) is 7.88. The first-order chi connectivity index (χ1) is 9.17. The minimum Gasteiger partial charge on any atom is -0.303 e. The molecule has 19 heavy (non-hydrogen) atoms. The predicted octanol–water partition coefficient (Wildman–Crippen LogP) is 4.24. The summed E-state index contributed by atoms with van der Waals surface area (Å²) in [4.78, 5) is 2.40. The minimum atomic E-state index is 0.539. The maximum atomic E-state index is 3.84. The molecule has 102 valence electrons. The number of hydrogen-bond donors (Lipinski definition) is 0. The molecule has 1 nitrogen and oxygen atoms in total. The molecular weight excluding hydrogens is 230 g/mol. The van der Waals surface area contributed by atoms with Crippen molar-refractivity contribution in [2.75, 3.05) is 13.6 Å². The second-order valence-electron chi connectivity index (χ2n) is 4.95. The first-order valence-corrected chi connectivity index (χ1v) is 6.85. The zero-order valence-corrected chi connectivity index (χ0v) is 12.2. The molecule has 1 aromatic rings. The number of benzene rings is 1. The SMILES string of the molecule is C=C/C=C(\C=C)CCN(C)C(C)Cc1ccccc1. The van der Waals surface area contributed by atoms with Crippen molar-refractivity contribution < 1.29 is 0 Å². The Bertz CT molecular complexity index is 417. The molecule has 0 saturated carbocycles. The van der Waals surface area contributed by atoms with Gasteiger partial charge < -0.3 is 4.90 Å². The Balaban J connectivity index is 2.44. The van der Waals surface area contributed by atoms with Crippen LogP contribution >= 0.6 is 0 Å². The molecule has 0 aromatic heterocycles. The molecule has 0 aliphatic carbocycles. The summed E-state index contributed by atoms with van der Waals surface area (Å²) in [5, 5.41) is 0. The van der Waals surface area contributed by atoms with Crippen molar-refractivity contribution >= 4 is 0 Å². The van der Waals surface area contributed by atoms with Gasteiger partial charge in [-0.15, -0.1) is 0 Å². The van der Waals surface area contributed by atoms with Gasteiger partial charge in [-0.1, -0.05) is 61.7 Å². The van der Waals surface area contributed by atoms with Gasteiger partial charge in [-0.2, -0.15) is 0 Å². The summed E-state index contributed by atoms with van der Waals surface area (Å²) < 4.78 is 0. The highest BCUT2D eigenvalue weighted by atomic mass is 15.1. The second kappa shape index (κ2) is 8.49. The molecule has 0 saturated heterocycles. The van der Waals surface area contributed by atoms with Crippen LogP contribution in [-0.2, 0) is 6.42 Å². The van der Waals surface area contributed by atoms with Crippen LogP contribution in [0.25, 0.3) is 0 Å². The quantitative estimate of drug-likeness (QED) is 0.628. The summed E-state index contributed by atoms with van der Waals surface area (Å²) in [6.45, 7) is 10.9. The van der Waals surface area contributed by atoms with Gasteiger partial charge in [0.05, 0.1) is 0 Å². The first kappa shape index (κ1) is 15.5. The third kappa shape index (κ3) is 5.71. The molecule has 1 unspecified atom stereocenters. The van der Waals surface area contributed by atoms with Crippen molar-refractivity contribution in [1.82, 2.24) is 4.90 Å². The molecule has 0 spiro atoms. The minimum absolute atomic E-state index is 0.539. The normalized spacial score (nSPS) is 13.3. The average molecular weight is 255 g/mol. The molecule has 0 fully saturated rings. The van der Waals surface area contributed by atoms with E-state index in [1.807, 2.05) is 18.2 Å². The lowest BCUT2D eigenvalue weighted by Gasteiger charge is -2.25. The molecule has 0 heterocycles. The van der Waals surface area contributed by atoms with E-state index in [1.54, 1.807) is 0 Å². The van der Waals surface area contributed by atoms with Crippen LogP contribution in [0.1, 0.15) is 18.9 Å². The highest BCUT2D eigenvalue weighted by Crippen LogP contribution is 2.10. The molecule has 1 atom stereocenters. The van der Waals surface area contributed by atoms with Crippen LogP contribution in [-0.4, -0.2) is 24.5 Å². The van der Waals surface area contributed by atoms with Gasteiger partial charge in [-0.3, -0.25) is 0 Å². The lowest BCUT2D eigenvalue weighted by Crippen LogP contribution is -2.31. The fourth-order valence-electron chi connectivity index (χ4n) is 2.04. The highest BCUT2D eigenvalue weighted by Gasteiger charge is 2.09. The molecule has 0 bridgehead atoms. The van der Waals surface area contributed by atoms with Gasteiger partial charge in [0.2, 0.25) is 0 Å². The van der Waals surface area contributed by atoms with E-state index in [0.717, 1.165) is 19.4 Å². The third-order valence-electron chi connectivity index (χ3n) is 3.47. The van der Waals surface area contributed by atoms with Crippen molar-refractivity contribution in [3.8, 4) is 0 Å². The van der Waals surface area contributed by atoms with E-state index in [0.29, 0.717) is 6.04 Å². The number of allylic oxidation sites excluding steroid dienone is 3. The van der Waals surface area contributed by atoms with E-state index < -0.39 is 0 Å². The van der Waals surface area contributed by atoms with E-state index in [4.69, 9.17) is 0 Å². The van der Waals surface area contributed by atoms with Crippen molar-refractivity contribution in [2.45, 2.75) is 25.8 Å². The van der Waals surface area contributed by atoms with Crippen LogP contribution in [0.4, 0.5) is 0 Å². The van der Waals surface area contributed by atoms with Crippen LogP contribution in [0.3, 0.4) is 0 Å². The summed E-state index contributed by atoms with van der Waals surface area (Å²) in [6, 6.07) is 11.2. The maximum absolute atomic E-state index is 3.84. The van der Waals surface area contributed by atoms with Crippen LogP contribution in [0.15, 0.2) is 67.3 Å². The first-order valence-electron chi connectivity index (χ1n) is 6.85. The molecule has 0 radical (unpaired) electrons. The summed E-state index contributed by atoms with van der Waals surface area (Å²) in [5.74, 6) is 0. The molecule has 0 aliphatic rings. The summed E-state index contributed by atoms with van der Waals surface area (Å²) in [5.41, 5.74) is 2.64. The van der Waals surface area contributed by atoms with Crippen LogP contribution in [0.2, 0.25) is 0 Å². The van der Waals surface area contributed by atoms with Crippen LogP contribution in [0, 0.1) is 0 Å². The molecule has 1 rings (SSSR count). The van der Waals surface area contributed by atoms with Gasteiger partial charge in [-0.25, -0.2) is 0 Å². The standard InChI is InChI=1S/C18H25N/c1-5-10-17(6-2)13-14-19(4)16(3)15-18-11-8-7-9-12-18/h5-12,16H,1-2,13-15H2,3-4H3/b17-10+. The zero-order valence-electron chi connectivity index (χ0n) is 12.2. The van der Waals surface area contributed by atoms with Gasteiger partial charge in [0, 0.05) is 12.6 Å². The highest BCUT2D eigenvalue weighted by molar-refractivity contribution is 5.21. The Morgan fingerprint density at radius 2 is 1.95 bits per heavy atom. The van der Waals surface area contributed by atoms with E-state index in [2.05, 4.69) is 62.4 Å². The van der Waals surface area contributed by atoms with Gasteiger partial charge in [0.1, 0.15) is 0 Å². The van der Waals surface area contributed by atoms with Crippen molar-refractivity contribution in [2.24, 2.45) is 0 Å². The van der Waals surface area contributed by atoms with Crippen LogP contribution in [0.5, 0.6) is 0 Å². The van der Waals surface area contributed by atoms with E-state index >= 15 is 0 Å². The van der Waals surface area contributed by atoms with Gasteiger partial charge >= 0.3 is 0 Å². The lowest BCUT2D eigenvalue weighted by molar-refractivity contribution is 0.260.